The van der Waals surface area contributed by atoms with E-state index in [1.807, 2.05) is 6.07 Å². The van der Waals surface area contributed by atoms with Gasteiger partial charge >= 0.3 is 12.1 Å². The first-order chi connectivity index (χ1) is 20.7. The number of carbonyl (C=O) groups is 1. The lowest BCUT2D eigenvalue weighted by molar-refractivity contribution is -0.192. The van der Waals surface area contributed by atoms with E-state index in [2.05, 4.69) is 24.9 Å². The summed E-state index contributed by atoms with van der Waals surface area (Å²) < 4.78 is 108. The molecule has 0 bridgehead atoms. The fourth-order valence-corrected chi connectivity index (χ4v) is 5.39. The third-order valence-electron chi connectivity index (χ3n) is 6.28. The first-order valence-electron chi connectivity index (χ1n) is 12.6. The van der Waals surface area contributed by atoms with Crippen molar-refractivity contribution in [3.8, 4) is 17.0 Å². The van der Waals surface area contributed by atoms with E-state index in [4.69, 9.17) is 14.6 Å². The summed E-state index contributed by atoms with van der Waals surface area (Å²) in [4.78, 5) is 18.7. The molecule has 234 valence electrons. The predicted octanol–water partition coefficient (Wildman–Crippen LogP) is 4.57. The number of rotatable bonds is 6. The van der Waals surface area contributed by atoms with Gasteiger partial charge in [0, 0.05) is 61.3 Å². The number of sulfonamides is 1. The lowest BCUT2D eigenvalue weighted by atomic mass is 10.0. The van der Waals surface area contributed by atoms with Crippen LogP contribution in [0.3, 0.4) is 0 Å². The molecule has 17 heteroatoms. The predicted molar refractivity (Wildman–Crippen MR) is 147 cm³/mol. The highest BCUT2D eigenvalue weighted by Crippen LogP contribution is 2.35. The number of carboxylic acid groups (broad SMARTS) is 1. The van der Waals surface area contributed by atoms with E-state index in [0.29, 0.717) is 22.6 Å². The molecule has 44 heavy (non-hydrogen) atoms. The summed E-state index contributed by atoms with van der Waals surface area (Å²) in [6.45, 7) is 3.10. The van der Waals surface area contributed by atoms with Crippen LogP contribution in [0.25, 0.3) is 22.0 Å². The summed E-state index contributed by atoms with van der Waals surface area (Å²) >= 11 is 0. The zero-order valence-electron chi connectivity index (χ0n) is 22.6. The molecule has 0 atom stereocenters. The molecule has 0 saturated carbocycles. The number of aliphatic carboxylic acids is 1. The SMILES string of the molecule is COc1ncc(-c2cc(F)c3nccc(N4CCNCC4)c3c2)cc1NS(=O)(=O)c1ccc(F)cc1F.O=C(O)C(F)(F)F. The number of nitrogens with one attached hydrogen (secondary N) is 2. The maximum absolute atomic E-state index is 15.2. The maximum atomic E-state index is 15.2. The molecule has 1 saturated heterocycles. The maximum Gasteiger partial charge on any atom is 0.490 e. The molecular formula is C27H23F6N5O5S. The molecule has 0 radical (unpaired) electrons. The molecule has 2 aromatic carbocycles. The molecule has 5 rings (SSSR count). The van der Waals surface area contributed by atoms with Gasteiger partial charge in [0.2, 0.25) is 5.88 Å². The molecule has 1 fully saturated rings. The summed E-state index contributed by atoms with van der Waals surface area (Å²) in [5.74, 6) is -5.55. The van der Waals surface area contributed by atoms with Crippen LogP contribution < -0.4 is 19.7 Å². The highest BCUT2D eigenvalue weighted by Gasteiger charge is 2.38. The topological polar surface area (TPSA) is 134 Å². The molecule has 4 aromatic rings. The number of benzene rings is 2. The molecular weight excluding hydrogens is 620 g/mol. The van der Waals surface area contributed by atoms with Crippen LogP contribution in [0.4, 0.5) is 37.7 Å². The lowest BCUT2D eigenvalue weighted by Gasteiger charge is -2.30. The first kappa shape index (κ1) is 32.3. The van der Waals surface area contributed by atoms with Crippen LogP contribution in [0.15, 0.2) is 59.8 Å². The molecule has 1 aliphatic rings. The van der Waals surface area contributed by atoms with Crippen LogP contribution in [0.1, 0.15) is 0 Å². The molecule has 0 amide bonds. The van der Waals surface area contributed by atoms with Gasteiger partial charge < -0.3 is 20.1 Å². The molecule has 2 aromatic heterocycles. The number of fused-ring (bicyclic) bond motifs is 1. The van der Waals surface area contributed by atoms with Crippen molar-refractivity contribution in [2.75, 3.05) is 42.9 Å². The molecule has 10 nitrogen and oxygen atoms in total. The number of aromatic nitrogens is 2. The van der Waals surface area contributed by atoms with Gasteiger partial charge in [-0.05, 0) is 42.0 Å². The Kier molecular flexibility index (Phi) is 9.48. The standard InChI is InChI=1S/C25H22F3N5O3S.C2HF3O2/c1-36-25-21(32-37(34,35)23-3-2-17(26)13-19(23)27)12-16(14-31-25)15-10-18-22(33-8-6-29-7-9-33)4-5-30-24(18)20(28)11-15;3-2(4,5)1(6)7/h2-5,10-14,29,32H,6-9H2,1H3;(H,6,7). The zero-order chi connectivity index (χ0) is 32.2. The Morgan fingerprint density at radius 3 is 2.30 bits per heavy atom. The Labute approximate surface area is 246 Å². The van der Waals surface area contributed by atoms with E-state index in [1.165, 1.54) is 25.4 Å². The minimum Gasteiger partial charge on any atom is -0.480 e. The van der Waals surface area contributed by atoms with E-state index in [-0.39, 0.29) is 17.1 Å². The number of alkyl halides is 3. The van der Waals surface area contributed by atoms with Crippen molar-refractivity contribution in [3.05, 3.63) is 72.3 Å². The summed E-state index contributed by atoms with van der Waals surface area (Å²) in [6.07, 6.45) is -2.10. The number of carboxylic acids is 1. The second-order valence-corrected chi connectivity index (χ2v) is 10.8. The van der Waals surface area contributed by atoms with Crippen molar-refractivity contribution in [1.82, 2.24) is 15.3 Å². The second kappa shape index (κ2) is 12.9. The molecule has 3 heterocycles. The van der Waals surface area contributed by atoms with Crippen molar-refractivity contribution in [2.24, 2.45) is 0 Å². The first-order valence-corrected chi connectivity index (χ1v) is 14.1. The number of ether oxygens (including phenoxy) is 1. The fourth-order valence-electron chi connectivity index (χ4n) is 4.28. The van der Waals surface area contributed by atoms with Crippen LogP contribution in [-0.2, 0) is 14.8 Å². The van der Waals surface area contributed by atoms with Gasteiger partial charge in [-0.25, -0.2) is 31.4 Å². The normalized spacial score (nSPS) is 13.7. The Hall–Kier alpha value is -4.64. The number of hydrogen-bond acceptors (Lipinski definition) is 8. The zero-order valence-corrected chi connectivity index (χ0v) is 23.4. The van der Waals surface area contributed by atoms with Crippen molar-refractivity contribution in [2.45, 2.75) is 11.1 Å². The van der Waals surface area contributed by atoms with E-state index >= 15 is 4.39 Å². The largest absolute Gasteiger partial charge is 0.490 e. The van der Waals surface area contributed by atoms with Gasteiger partial charge in [-0.1, -0.05) is 0 Å². The quantitative estimate of drug-likeness (QED) is 0.259. The van der Waals surface area contributed by atoms with E-state index in [9.17, 15) is 30.4 Å². The van der Waals surface area contributed by atoms with E-state index < -0.39 is 44.5 Å². The van der Waals surface area contributed by atoms with Crippen molar-refractivity contribution in [1.29, 1.82) is 0 Å². The lowest BCUT2D eigenvalue weighted by Crippen LogP contribution is -2.43. The molecule has 3 N–H and O–H groups in total. The van der Waals surface area contributed by atoms with Crippen molar-refractivity contribution >= 4 is 38.3 Å². The van der Waals surface area contributed by atoms with Crippen LogP contribution in [0.5, 0.6) is 5.88 Å². The molecule has 0 unspecified atom stereocenters. The van der Waals surface area contributed by atoms with Crippen molar-refractivity contribution < 1.29 is 49.4 Å². The minimum absolute atomic E-state index is 0.0840. The summed E-state index contributed by atoms with van der Waals surface area (Å²) in [7, 11) is -3.17. The molecule has 1 aliphatic heterocycles. The third-order valence-corrected chi connectivity index (χ3v) is 7.68. The van der Waals surface area contributed by atoms with E-state index in [1.54, 1.807) is 12.3 Å². The summed E-state index contributed by atoms with van der Waals surface area (Å²) in [5.41, 5.74) is 1.76. The number of hydrogen-bond donors (Lipinski definition) is 3. The highest BCUT2D eigenvalue weighted by atomic mass is 32.2. The minimum atomic E-state index is -5.08. The van der Waals surface area contributed by atoms with Crippen molar-refractivity contribution in [3.63, 3.8) is 0 Å². The van der Waals surface area contributed by atoms with E-state index in [0.717, 1.165) is 44.0 Å². The number of methoxy groups -OCH3 is 1. The molecule has 0 spiro atoms. The number of halogens is 6. The van der Waals surface area contributed by atoms with Crippen LogP contribution in [0, 0.1) is 17.5 Å². The van der Waals surface area contributed by atoms with Gasteiger partial charge in [0.25, 0.3) is 10.0 Å². The van der Waals surface area contributed by atoms with Gasteiger partial charge in [0.1, 0.15) is 33.6 Å². The highest BCUT2D eigenvalue weighted by molar-refractivity contribution is 7.92. The van der Waals surface area contributed by atoms with Crippen LogP contribution >= 0.6 is 0 Å². The Morgan fingerprint density at radius 1 is 1.00 bits per heavy atom. The van der Waals surface area contributed by atoms with Gasteiger partial charge in [-0.15, -0.1) is 0 Å². The van der Waals surface area contributed by atoms with Gasteiger partial charge in [0.15, 0.2) is 0 Å². The number of piperazine rings is 1. The number of anilines is 2. The second-order valence-electron chi connectivity index (χ2n) is 9.19. The number of nitrogens with zero attached hydrogens (tertiary/aromatic N) is 3. The molecule has 0 aliphatic carbocycles. The Bertz CT molecular complexity index is 1800. The van der Waals surface area contributed by atoms with Gasteiger partial charge in [0.05, 0.1) is 7.11 Å². The third kappa shape index (κ3) is 7.28. The average molecular weight is 644 g/mol. The van der Waals surface area contributed by atoms with Gasteiger partial charge in [-0.2, -0.15) is 13.2 Å². The smallest absolute Gasteiger partial charge is 0.480 e. The Morgan fingerprint density at radius 2 is 1.68 bits per heavy atom. The van der Waals surface area contributed by atoms with Crippen LogP contribution in [-0.4, -0.2) is 68.9 Å². The van der Waals surface area contributed by atoms with Crippen LogP contribution in [0.2, 0.25) is 0 Å². The Balaban J connectivity index is 0.000000566. The van der Waals surface area contributed by atoms with Gasteiger partial charge in [-0.3, -0.25) is 9.71 Å². The summed E-state index contributed by atoms with van der Waals surface area (Å²) in [5, 5.41) is 11.0. The monoisotopic (exact) mass is 643 g/mol. The average Bonchev–Trinajstić information content (AvgIpc) is 2.96. The number of pyridine rings is 2. The summed E-state index contributed by atoms with van der Waals surface area (Å²) in [6, 6.07) is 8.43. The fraction of sp³-hybridized carbons (Fsp3) is 0.222.